The second-order valence-corrected chi connectivity index (χ2v) is 6.15. The van der Waals surface area contributed by atoms with Crippen LogP contribution in [0.4, 0.5) is 5.69 Å². The number of ether oxygens (including phenoxy) is 1. The lowest BCUT2D eigenvalue weighted by atomic mass is 9.79. The van der Waals surface area contributed by atoms with Gasteiger partial charge in [-0.05, 0) is 49.6 Å². The maximum atomic E-state index is 11.0. The summed E-state index contributed by atoms with van der Waals surface area (Å²) in [5, 5.41) is 11.0. The fraction of sp³-hybridized carbons (Fsp3) is 0.625. The molecule has 1 aromatic rings. The van der Waals surface area contributed by atoms with Crippen LogP contribution < -0.4 is 10.5 Å². The first-order chi connectivity index (χ1) is 10.0. The Hall–Kier alpha value is -1.62. The summed E-state index contributed by atoms with van der Waals surface area (Å²) < 4.78 is 5.37. The van der Waals surface area contributed by atoms with Gasteiger partial charge < -0.3 is 10.5 Å². The van der Waals surface area contributed by atoms with Crippen LogP contribution in [0.15, 0.2) is 18.2 Å². The number of nitrogens with zero attached hydrogens (tertiary/aromatic N) is 1. The first-order valence-electron chi connectivity index (χ1n) is 7.55. The highest BCUT2D eigenvalue weighted by Gasteiger charge is 2.38. The molecule has 2 atom stereocenters. The molecule has 5 heteroatoms. The molecule has 0 saturated heterocycles. The smallest absolute Gasteiger partial charge is 0.269 e. The highest BCUT2D eigenvalue weighted by atomic mass is 16.6. The molecule has 1 aliphatic rings. The van der Waals surface area contributed by atoms with E-state index in [9.17, 15) is 10.1 Å². The lowest BCUT2D eigenvalue weighted by Gasteiger charge is -2.28. The van der Waals surface area contributed by atoms with Crippen LogP contribution in [0.3, 0.4) is 0 Å². The average molecular weight is 292 g/mol. The van der Waals surface area contributed by atoms with Gasteiger partial charge in [0.2, 0.25) is 0 Å². The minimum absolute atomic E-state index is 0.0587. The Labute approximate surface area is 125 Å². The molecular formula is C16H24N2O3. The average Bonchev–Trinajstić information content (AvgIpc) is 2.91. The van der Waals surface area contributed by atoms with E-state index in [2.05, 4.69) is 6.92 Å². The Morgan fingerprint density at radius 1 is 1.52 bits per heavy atom. The van der Waals surface area contributed by atoms with Crippen LogP contribution in [0.1, 0.15) is 38.2 Å². The van der Waals surface area contributed by atoms with Gasteiger partial charge in [0.25, 0.3) is 5.69 Å². The van der Waals surface area contributed by atoms with E-state index in [1.807, 2.05) is 0 Å². The predicted molar refractivity (Wildman–Crippen MR) is 82.5 cm³/mol. The van der Waals surface area contributed by atoms with Crippen molar-refractivity contribution in [3.8, 4) is 5.75 Å². The number of benzene rings is 1. The molecule has 5 nitrogen and oxygen atoms in total. The summed E-state index contributed by atoms with van der Waals surface area (Å²) in [4.78, 5) is 10.6. The first-order valence-corrected chi connectivity index (χ1v) is 7.55. The van der Waals surface area contributed by atoms with Crippen molar-refractivity contribution < 1.29 is 9.66 Å². The SMILES string of the molecule is CCC1CCC(CN)(Cc2cc([N+](=O)[O-])ccc2OC)C1. The normalized spacial score (nSPS) is 25.0. The second kappa shape index (κ2) is 6.43. The van der Waals surface area contributed by atoms with E-state index in [1.54, 1.807) is 19.2 Å². The van der Waals surface area contributed by atoms with E-state index in [0.717, 1.165) is 30.7 Å². The Morgan fingerprint density at radius 2 is 2.29 bits per heavy atom. The maximum Gasteiger partial charge on any atom is 0.269 e. The van der Waals surface area contributed by atoms with Crippen LogP contribution >= 0.6 is 0 Å². The van der Waals surface area contributed by atoms with E-state index in [4.69, 9.17) is 10.5 Å². The molecule has 1 aliphatic carbocycles. The predicted octanol–water partition coefficient (Wildman–Crippen LogP) is 3.30. The van der Waals surface area contributed by atoms with Gasteiger partial charge in [-0.1, -0.05) is 13.3 Å². The maximum absolute atomic E-state index is 11.0. The van der Waals surface area contributed by atoms with Crippen LogP contribution in [-0.4, -0.2) is 18.6 Å². The first kappa shape index (κ1) is 15.8. The molecule has 2 rings (SSSR count). The minimum atomic E-state index is -0.360. The number of hydrogen-bond acceptors (Lipinski definition) is 4. The molecule has 1 fully saturated rings. The third-order valence-corrected chi connectivity index (χ3v) is 4.86. The van der Waals surface area contributed by atoms with Gasteiger partial charge in [-0.2, -0.15) is 0 Å². The molecular weight excluding hydrogens is 268 g/mol. The van der Waals surface area contributed by atoms with E-state index in [-0.39, 0.29) is 16.0 Å². The second-order valence-electron chi connectivity index (χ2n) is 6.15. The van der Waals surface area contributed by atoms with Gasteiger partial charge in [-0.3, -0.25) is 10.1 Å². The van der Waals surface area contributed by atoms with Gasteiger partial charge in [-0.25, -0.2) is 0 Å². The zero-order chi connectivity index (χ0) is 15.5. The minimum Gasteiger partial charge on any atom is -0.496 e. The molecule has 0 heterocycles. The van der Waals surface area contributed by atoms with Crippen molar-refractivity contribution in [3.05, 3.63) is 33.9 Å². The van der Waals surface area contributed by atoms with E-state index in [1.165, 1.54) is 18.9 Å². The van der Waals surface area contributed by atoms with Crippen LogP contribution in [0.25, 0.3) is 0 Å². The number of rotatable bonds is 6. The quantitative estimate of drug-likeness (QED) is 0.644. The molecule has 0 bridgehead atoms. The molecule has 1 saturated carbocycles. The van der Waals surface area contributed by atoms with Gasteiger partial charge >= 0.3 is 0 Å². The Morgan fingerprint density at radius 3 is 2.81 bits per heavy atom. The number of nitro groups is 1. The van der Waals surface area contributed by atoms with E-state index < -0.39 is 0 Å². The molecule has 2 N–H and O–H groups in total. The zero-order valence-corrected chi connectivity index (χ0v) is 12.8. The fourth-order valence-electron chi connectivity index (χ4n) is 3.51. The number of non-ortho nitro benzene ring substituents is 1. The summed E-state index contributed by atoms with van der Waals surface area (Å²) in [5.74, 6) is 1.44. The summed E-state index contributed by atoms with van der Waals surface area (Å²) in [7, 11) is 1.60. The molecule has 1 aromatic carbocycles. The van der Waals surface area contributed by atoms with Crippen molar-refractivity contribution >= 4 is 5.69 Å². The van der Waals surface area contributed by atoms with Crippen molar-refractivity contribution in [2.75, 3.05) is 13.7 Å². The summed E-state index contributed by atoms with van der Waals surface area (Å²) in [5.41, 5.74) is 7.12. The summed E-state index contributed by atoms with van der Waals surface area (Å²) in [6.07, 6.45) is 5.32. The van der Waals surface area contributed by atoms with Gasteiger partial charge in [0.05, 0.1) is 12.0 Å². The number of nitro benzene ring substituents is 1. The molecule has 116 valence electrons. The highest BCUT2D eigenvalue weighted by molar-refractivity contribution is 5.44. The number of hydrogen-bond donors (Lipinski definition) is 1. The summed E-state index contributed by atoms with van der Waals surface area (Å²) >= 11 is 0. The Kier molecular flexibility index (Phi) is 4.83. The molecule has 0 radical (unpaired) electrons. The monoisotopic (exact) mass is 292 g/mol. The molecule has 0 aliphatic heterocycles. The van der Waals surface area contributed by atoms with Crippen molar-refractivity contribution in [1.82, 2.24) is 0 Å². The van der Waals surface area contributed by atoms with Gasteiger partial charge in [0.15, 0.2) is 0 Å². The third-order valence-electron chi connectivity index (χ3n) is 4.86. The standard InChI is InChI=1S/C16H24N2O3/c1-3-12-6-7-16(9-12,11-17)10-13-8-14(18(19)20)4-5-15(13)21-2/h4-5,8,12H,3,6-7,9-11,17H2,1-2H3. The van der Waals surface area contributed by atoms with Gasteiger partial charge in [-0.15, -0.1) is 0 Å². The van der Waals surface area contributed by atoms with E-state index in [0.29, 0.717) is 12.3 Å². The topological polar surface area (TPSA) is 78.4 Å². The summed E-state index contributed by atoms with van der Waals surface area (Å²) in [6.45, 7) is 2.83. The van der Waals surface area contributed by atoms with Gasteiger partial charge in [0, 0.05) is 17.7 Å². The van der Waals surface area contributed by atoms with Crippen molar-refractivity contribution in [2.24, 2.45) is 17.1 Å². The van der Waals surface area contributed by atoms with Crippen LogP contribution in [0.2, 0.25) is 0 Å². The Balaban J connectivity index is 2.28. The number of methoxy groups -OCH3 is 1. The number of nitrogens with two attached hydrogens (primary N) is 1. The molecule has 21 heavy (non-hydrogen) atoms. The lowest BCUT2D eigenvalue weighted by molar-refractivity contribution is -0.384. The van der Waals surface area contributed by atoms with Crippen molar-refractivity contribution in [1.29, 1.82) is 0 Å². The van der Waals surface area contributed by atoms with Gasteiger partial charge in [0.1, 0.15) is 5.75 Å². The van der Waals surface area contributed by atoms with Crippen LogP contribution in [0.5, 0.6) is 5.75 Å². The van der Waals surface area contributed by atoms with Crippen LogP contribution in [0, 0.1) is 21.4 Å². The molecule has 2 unspecified atom stereocenters. The largest absolute Gasteiger partial charge is 0.496 e. The zero-order valence-electron chi connectivity index (χ0n) is 12.8. The summed E-state index contributed by atoms with van der Waals surface area (Å²) in [6, 6.07) is 4.81. The van der Waals surface area contributed by atoms with Crippen LogP contribution in [-0.2, 0) is 6.42 Å². The molecule has 0 aromatic heterocycles. The lowest BCUT2D eigenvalue weighted by Crippen LogP contribution is -2.30. The fourth-order valence-corrected chi connectivity index (χ4v) is 3.51. The Bertz CT molecular complexity index is 518. The molecule has 0 spiro atoms. The van der Waals surface area contributed by atoms with Crippen molar-refractivity contribution in [2.45, 2.75) is 39.0 Å². The van der Waals surface area contributed by atoms with E-state index >= 15 is 0 Å². The highest BCUT2D eigenvalue weighted by Crippen LogP contribution is 2.46. The molecule has 0 amide bonds. The van der Waals surface area contributed by atoms with Crippen molar-refractivity contribution in [3.63, 3.8) is 0 Å². The third kappa shape index (κ3) is 3.35.